The molecule has 0 saturated carbocycles. The molecule has 1 aliphatic rings. The van der Waals surface area contributed by atoms with Crippen LogP contribution in [0.25, 0.3) is 0 Å². The Morgan fingerprint density at radius 2 is 1.39 bits per heavy atom. The van der Waals surface area contributed by atoms with Crippen molar-refractivity contribution in [3.8, 4) is 0 Å². The monoisotopic (exact) mass is 462 g/mol. The van der Waals surface area contributed by atoms with E-state index in [9.17, 15) is 4.79 Å². The van der Waals surface area contributed by atoms with Crippen molar-refractivity contribution < 1.29 is 9.28 Å². The van der Waals surface area contributed by atoms with Gasteiger partial charge >= 0.3 is 0 Å². The number of carbonyl (C=O) groups excluding carboxylic acids is 1. The minimum atomic E-state index is 0.0634. The zero-order valence-corrected chi connectivity index (χ0v) is 22.4. The second-order valence-electron chi connectivity index (χ2n) is 10.1. The second-order valence-corrected chi connectivity index (χ2v) is 10.1. The number of allylic oxidation sites excluding steroid dienone is 2. The van der Waals surface area contributed by atoms with Crippen molar-refractivity contribution in [2.75, 3.05) is 19.6 Å². The average molecular weight is 463 g/mol. The Morgan fingerprint density at radius 3 is 1.94 bits per heavy atom. The van der Waals surface area contributed by atoms with E-state index >= 15 is 0 Å². The lowest BCUT2D eigenvalue weighted by Crippen LogP contribution is -2.55. The van der Waals surface area contributed by atoms with Gasteiger partial charge in [0.1, 0.15) is 12.7 Å². The molecule has 0 aliphatic carbocycles. The Morgan fingerprint density at radius 1 is 0.848 bits per heavy atom. The lowest BCUT2D eigenvalue weighted by molar-refractivity contribution is -0.898. The Hall–Kier alpha value is -1.29. The standard InChI is InChI=1S/C29H55N3O/c1-4-6-7-8-9-10-11-12-13-14-15-16-17-18-19-20-21-22-23-29-31-25-27-32(29,5-2)26-24-30-28(3)33/h17-18,25,27,29,31H,4-16,19-24,26H2,1-3H3/p+1/b18-17+. The summed E-state index contributed by atoms with van der Waals surface area (Å²) in [6.07, 6.45) is 32.9. The van der Waals surface area contributed by atoms with Gasteiger partial charge in [-0.3, -0.25) is 9.28 Å². The van der Waals surface area contributed by atoms with Crippen molar-refractivity contribution in [1.82, 2.24) is 10.6 Å². The van der Waals surface area contributed by atoms with E-state index < -0.39 is 0 Å². The van der Waals surface area contributed by atoms with E-state index in [0.29, 0.717) is 6.17 Å². The Labute approximate surface area is 206 Å². The predicted molar refractivity (Wildman–Crippen MR) is 144 cm³/mol. The van der Waals surface area contributed by atoms with Crippen molar-refractivity contribution >= 4 is 5.91 Å². The molecule has 4 heteroatoms. The number of carbonyl (C=O) groups is 1. The number of rotatable bonds is 22. The topological polar surface area (TPSA) is 41.1 Å². The van der Waals surface area contributed by atoms with Crippen molar-refractivity contribution in [3.05, 3.63) is 24.6 Å². The van der Waals surface area contributed by atoms with Crippen LogP contribution in [0.5, 0.6) is 0 Å². The summed E-state index contributed by atoms with van der Waals surface area (Å²) in [7, 11) is 0. The van der Waals surface area contributed by atoms with Crippen LogP contribution < -0.4 is 10.6 Å². The van der Waals surface area contributed by atoms with E-state index in [-0.39, 0.29) is 5.91 Å². The summed E-state index contributed by atoms with van der Waals surface area (Å²) < 4.78 is 0.944. The molecule has 4 nitrogen and oxygen atoms in total. The zero-order valence-electron chi connectivity index (χ0n) is 22.4. The number of nitrogens with one attached hydrogen (secondary N) is 2. The molecule has 0 spiro atoms. The fourth-order valence-corrected chi connectivity index (χ4v) is 4.99. The molecule has 2 unspecified atom stereocenters. The first-order chi connectivity index (χ1) is 16.1. The van der Waals surface area contributed by atoms with Crippen LogP contribution in [0.15, 0.2) is 24.6 Å². The van der Waals surface area contributed by atoms with Crippen LogP contribution in [-0.2, 0) is 4.79 Å². The molecule has 1 aliphatic heterocycles. The molecule has 0 radical (unpaired) electrons. The van der Waals surface area contributed by atoms with E-state index in [1.54, 1.807) is 6.92 Å². The van der Waals surface area contributed by atoms with E-state index in [0.717, 1.165) is 24.1 Å². The largest absolute Gasteiger partial charge is 0.351 e. The SMILES string of the molecule is CCCCCCCCCCCCC/C=C/CCCCCC1NC=C[N+]1(CC)CCNC(C)=O. The first-order valence-corrected chi connectivity index (χ1v) is 14.3. The van der Waals surface area contributed by atoms with Crippen molar-refractivity contribution in [1.29, 1.82) is 0 Å². The Bertz CT molecular complexity index is 531. The van der Waals surface area contributed by atoms with Gasteiger partial charge in [0.2, 0.25) is 5.91 Å². The summed E-state index contributed by atoms with van der Waals surface area (Å²) in [6.45, 7) is 8.91. The highest BCUT2D eigenvalue weighted by Gasteiger charge is 2.36. The van der Waals surface area contributed by atoms with Crippen LogP contribution in [0.3, 0.4) is 0 Å². The van der Waals surface area contributed by atoms with Crippen molar-refractivity contribution in [2.45, 2.75) is 136 Å². The maximum atomic E-state index is 11.2. The molecule has 1 heterocycles. The van der Waals surface area contributed by atoms with Gasteiger partial charge < -0.3 is 10.6 Å². The number of unbranched alkanes of at least 4 members (excludes halogenated alkanes) is 14. The number of quaternary nitrogens is 1. The smallest absolute Gasteiger partial charge is 0.217 e. The molecular weight excluding hydrogens is 406 g/mol. The summed E-state index contributed by atoms with van der Waals surface area (Å²) >= 11 is 0. The third-order valence-electron chi connectivity index (χ3n) is 7.26. The molecule has 1 rings (SSSR count). The molecule has 0 aromatic rings. The summed E-state index contributed by atoms with van der Waals surface area (Å²) in [4.78, 5) is 11.2. The molecule has 0 saturated heterocycles. The molecule has 2 atom stereocenters. The van der Waals surface area contributed by atoms with Crippen LogP contribution in [0.2, 0.25) is 0 Å². The highest BCUT2D eigenvalue weighted by Crippen LogP contribution is 2.22. The molecule has 1 amide bonds. The van der Waals surface area contributed by atoms with Crippen LogP contribution in [0, 0.1) is 0 Å². The van der Waals surface area contributed by atoms with Crippen molar-refractivity contribution in [3.63, 3.8) is 0 Å². The van der Waals surface area contributed by atoms with E-state index in [4.69, 9.17) is 0 Å². The van der Waals surface area contributed by atoms with E-state index in [1.807, 2.05) is 0 Å². The molecule has 192 valence electrons. The van der Waals surface area contributed by atoms with E-state index in [1.165, 1.54) is 109 Å². The summed E-state index contributed by atoms with van der Waals surface area (Å²) in [5.41, 5.74) is 0. The minimum absolute atomic E-state index is 0.0634. The highest BCUT2D eigenvalue weighted by molar-refractivity contribution is 5.72. The third kappa shape index (κ3) is 14.6. The fraction of sp³-hybridized carbons (Fsp3) is 0.828. The number of hydrogen-bond acceptors (Lipinski definition) is 2. The highest BCUT2D eigenvalue weighted by atomic mass is 16.1. The third-order valence-corrected chi connectivity index (χ3v) is 7.26. The quantitative estimate of drug-likeness (QED) is 0.0989. The van der Waals surface area contributed by atoms with Gasteiger partial charge in [0.15, 0.2) is 6.17 Å². The first kappa shape index (κ1) is 29.7. The van der Waals surface area contributed by atoms with Gasteiger partial charge in [-0.25, -0.2) is 0 Å². The van der Waals surface area contributed by atoms with Gasteiger partial charge in [-0.15, -0.1) is 0 Å². The molecule has 0 aromatic carbocycles. The number of hydrogen-bond donors (Lipinski definition) is 2. The fourth-order valence-electron chi connectivity index (χ4n) is 4.99. The van der Waals surface area contributed by atoms with Gasteiger partial charge in [-0.2, -0.15) is 0 Å². The van der Waals surface area contributed by atoms with Crippen LogP contribution in [0.1, 0.15) is 130 Å². The van der Waals surface area contributed by atoms with Crippen LogP contribution >= 0.6 is 0 Å². The zero-order chi connectivity index (χ0) is 24.0. The van der Waals surface area contributed by atoms with Gasteiger partial charge in [0.25, 0.3) is 0 Å². The molecular formula is C29H56N3O+. The van der Waals surface area contributed by atoms with Gasteiger partial charge in [-0.05, 0) is 39.0 Å². The summed E-state index contributed by atoms with van der Waals surface area (Å²) in [5, 5.41) is 6.51. The van der Waals surface area contributed by atoms with Crippen molar-refractivity contribution in [2.24, 2.45) is 0 Å². The number of nitrogens with zero attached hydrogens (tertiary/aromatic N) is 1. The number of amides is 1. The van der Waals surface area contributed by atoms with Gasteiger partial charge in [0, 0.05) is 13.3 Å². The Balaban J connectivity index is 1.95. The van der Waals surface area contributed by atoms with Crippen LogP contribution in [0.4, 0.5) is 0 Å². The van der Waals surface area contributed by atoms with E-state index in [2.05, 4.69) is 49.0 Å². The lowest BCUT2D eigenvalue weighted by Gasteiger charge is -2.37. The average Bonchev–Trinajstić information content (AvgIpc) is 3.21. The maximum absolute atomic E-state index is 11.2. The lowest BCUT2D eigenvalue weighted by atomic mass is 10.0. The van der Waals surface area contributed by atoms with Crippen LogP contribution in [-0.4, -0.2) is 36.2 Å². The number of likely N-dealkylation sites (N-methyl/N-ethyl adjacent to an activating group) is 1. The Kier molecular flexibility index (Phi) is 18.1. The molecule has 0 bridgehead atoms. The summed E-state index contributed by atoms with van der Waals surface area (Å²) in [6, 6.07) is 0. The minimum Gasteiger partial charge on any atom is -0.351 e. The van der Waals surface area contributed by atoms with Gasteiger partial charge in [-0.1, -0.05) is 89.7 Å². The summed E-state index contributed by atoms with van der Waals surface area (Å²) in [5.74, 6) is 0.0634. The molecule has 33 heavy (non-hydrogen) atoms. The van der Waals surface area contributed by atoms with Gasteiger partial charge in [0.05, 0.1) is 19.3 Å². The first-order valence-electron chi connectivity index (χ1n) is 14.3. The molecule has 2 N–H and O–H groups in total. The molecule has 0 fully saturated rings. The normalized spacial score (nSPS) is 19.9. The maximum Gasteiger partial charge on any atom is 0.217 e. The predicted octanol–water partition coefficient (Wildman–Crippen LogP) is 7.57. The second kappa shape index (κ2) is 20.1. The molecule has 0 aromatic heterocycles.